The van der Waals surface area contributed by atoms with Crippen molar-refractivity contribution >= 4 is 5.69 Å². The van der Waals surface area contributed by atoms with E-state index >= 15 is 0 Å². The van der Waals surface area contributed by atoms with Crippen molar-refractivity contribution in [1.29, 1.82) is 0 Å². The fourth-order valence-corrected chi connectivity index (χ4v) is 3.90. The Labute approximate surface area is 190 Å². The highest BCUT2D eigenvalue weighted by molar-refractivity contribution is 5.71. The molecule has 2 aliphatic rings. The Morgan fingerprint density at radius 3 is 2.70 bits per heavy atom. The molecular formula is C23H26F2N2O6. The number of pyridine rings is 1. The summed E-state index contributed by atoms with van der Waals surface area (Å²) >= 11 is 0. The number of halogens is 2. The van der Waals surface area contributed by atoms with Gasteiger partial charge in [0.1, 0.15) is 12.0 Å². The smallest absolute Gasteiger partial charge is 0.270 e. The van der Waals surface area contributed by atoms with Crippen molar-refractivity contribution in [2.75, 3.05) is 33.0 Å². The van der Waals surface area contributed by atoms with Crippen LogP contribution in [0.25, 0.3) is 11.1 Å². The second-order valence-corrected chi connectivity index (χ2v) is 8.30. The lowest BCUT2D eigenvalue weighted by molar-refractivity contribution is -0.384. The normalized spacial score (nSPS) is 19.8. The maximum atomic E-state index is 14.0. The first-order valence-electron chi connectivity index (χ1n) is 10.9. The van der Waals surface area contributed by atoms with E-state index < -0.39 is 16.8 Å². The van der Waals surface area contributed by atoms with Gasteiger partial charge in [-0.2, -0.15) is 0 Å². The number of alkyl halides is 2. The molecule has 1 unspecified atom stereocenters. The number of nitro benzene ring substituents is 1. The van der Waals surface area contributed by atoms with E-state index in [2.05, 4.69) is 4.98 Å². The van der Waals surface area contributed by atoms with Gasteiger partial charge in [-0.1, -0.05) is 6.07 Å². The second kappa shape index (κ2) is 10.1. The summed E-state index contributed by atoms with van der Waals surface area (Å²) in [7, 11) is 0. The van der Waals surface area contributed by atoms with Crippen LogP contribution in [0.5, 0.6) is 5.88 Å². The van der Waals surface area contributed by atoms with Crippen molar-refractivity contribution < 1.29 is 32.7 Å². The summed E-state index contributed by atoms with van der Waals surface area (Å²) in [5, 5.41) is 11.3. The van der Waals surface area contributed by atoms with Crippen molar-refractivity contribution in [3.05, 3.63) is 51.7 Å². The zero-order chi connectivity index (χ0) is 23.4. The molecule has 1 atom stereocenters. The van der Waals surface area contributed by atoms with Gasteiger partial charge in [0.25, 0.3) is 12.1 Å². The van der Waals surface area contributed by atoms with Gasteiger partial charge in [-0.3, -0.25) is 10.1 Å². The van der Waals surface area contributed by atoms with Gasteiger partial charge in [-0.25, -0.2) is 13.8 Å². The van der Waals surface area contributed by atoms with Gasteiger partial charge in [0.05, 0.1) is 30.4 Å². The third-order valence-corrected chi connectivity index (χ3v) is 5.97. The van der Waals surface area contributed by atoms with Crippen LogP contribution in [-0.2, 0) is 19.6 Å². The number of nitro groups is 1. The van der Waals surface area contributed by atoms with Crippen molar-refractivity contribution in [3.8, 4) is 17.0 Å². The molecule has 2 aliphatic heterocycles. The van der Waals surface area contributed by atoms with E-state index in [4.69, 9.17) is 18.9 Å². The summed E-state index contributed by atoms with van der Waals surface area (Å²) < 4.78 is 50.0. The van der Waals surface area contributed by atoms with Crippen molar-refractivity contribution in [3.63, 3.8) is 0 Å². The number of hydrogen-bond donors (Lipinski definition) is 0. The molecule has 178 valence electrons. The minimum Gasteiger partial charge on any atom is -0.475 e. The first-order chi connectivity index (χ1) is 15.9. The van der Waals surface area contributed by atoms with E-state index in [1.54, 1.807) is 25.1 Å². The fourth-order valence-electron chi connectivity index (χ4n) is 3.90. The molecule has 0 bridgehead atoms. The quantitative estimate of drug-likeness (QED) is 0.308. The lowest BCUT2D eigenvalue weighted by atomic mass is 9.81. The SMILES string of the molecule is Cc1ccc([N+](=O)[O-])cc1-c1cc(OCCOC2CCCCO2)nc(C2(C(F)F)COC2)c1. The van der Waals surface area contributed by atoms with E-state index in [0.29, 0.717) is 17.7 Å². The molecule has 0 amide bonds. The molecule has 10 heteroatoms. The molecule has 8 nitrogen and oxygen atoms in total. The lowest BCUT2D eigenvalue weighted by Crippen LogP contribution is -2.53. The van der Waals surface area contributed by atoms with Crippen LogP contribution in [-0.4, -0.2) is 55.7 Å². The van der Waals surface area contributed by atoms with Crippen LogP contribution in [0.2, 0.25) is 0 Å². The van der Waals surface area contributed by atoms with Gasteiger partial charge in [0.2, 0.25) is 5.88 Å². The van der Waals surface area contributed by atoms with Gasteiger partial charge in [-0.15, -0.1) is 0 Å². The molecule has 2 fully saturated rings. The van der Waals surface area contributed by atoms with Crippen molar-refractivity contribution in [2.24, 2.45) is 0 Å². The maximum Gasteiger partial charge on any atom is 0.270 e. The van der Waals surface area contributed by atoms with Crippen LogP contribution in [0.15, 0.2) is 30.3 Å². The zero-order valence-corrected chi connectivity index (χ0v) is 18.3. The summed E-state index contributed by atoms with van der Waals surface area (Å²) in [5.74, 6) is 0.147. The molecule has 3 heterocycles. The van der Waals surface area contributed by atoms with Gasteiger partial charge >= 0.3 is 0 Å². The van der Waals surface area contributed by atoms with Crippen molar-refractivity contribution in [1.82, 2.24) is 4.98 Å². The number of nitrogens with zero attached hydrogens (tertiary/aromatic N) is 2. The number of benzene rings is 1. The highest BCUT2D eigenvalue weighted by Gasteiger charge is 2.50. The number of aryl methyl sites for hydroxylation is 1. The Morgan fingerprint density at radius 1 is 1.24 bits per heavy atom. The molecule has 1 aromatic carbocycles. The van der Waals surface area contributed by atoms with E-state index in [1.807, 2.05) is 0 Å². The van der Waals surface area contributed by atoms with Crippen LogP contribution in [0.1, 0.15) is 30.5 Å². The van der Waals surface area contributed by atoms with Gasteiger partial charge in [-0.05, 0) is 48.9 Å². The third-order valence-electron chi connectivity index (χ3n) is 5.97. The summed E-state index contributed by atoms with van der Waals surface area (Å²) in [4.78, 5) is 15.1. The Balaban J connectivity index is 1.60. The van der Waals surface area contributed by atoms with Crippen LogP contribution in [0.4, 0.5) is 14.5 Å². The minimum absolute atomic E-state index is 0.0899. The number of hydrogen-bond acceptors (Lipinski definition) is 7. The van der Waals surface area contributed by atoms with E-state index in [0.717, 1.165) is 24.8 Å². The standard InChI is InChI=1S/C23H26F2N2O6/c1-15-5-6-17(27(28)29)12-18(15)16-10-19(23(22(24)25)13-30-14-23)26-20(11-16)31-8-9-33-21-4-2-3-7-32-21/h5-6,10-12,21-22H,2-4,7-9,13-14H2,1H3. The molecular weight excluding hydrogens is 438 g/mol. The van der Waals surface area contributed by atoms with Crippen LogP contribution < -0.4 is 4.74 Å². The minimum atomic E-state index is -2.68. The number of ether oxygens (including phenoxy) is 4. The predicted molar refractivity (Wildman–Crippen MR) is 115 cm³/mol. The molecule has 4 rings (SSSR count). The number of rotatable bonds is 9. The Hall–Kier alpha value is -2.69. The second-order valence-electron chi connectivity index (χ2n) is 8.30. The molecule has 0 radical (unpaired) electrons. The fraction of sp³-hybridized carbons (Fsp3) is 0.522. The van der Waals surface area contributed by atoms with E-state index in [-0.39, 0.29) is 50.0 Å². The molecule has 2 saturated heterocycles. The molecule has 0 N–H and O–H groups in total. The molecule has 0 saturated carbocycles. The molecule has 1 aromatic heterocycles. The molecule has 2 aromatic rings. The number of aromatic nitrogens is 1. The van der Waals surface area contributed by atoms with Gasteiger partial charge in [0, 0.05) is 24.8 Å². The maximum absolute atomic E-state index is 14.0. The molecule has 0 aliphatic carbocycles. The largest absolute Gasteiger partial charge is 0.475 e. The van der Waals surface area contributed by atoms with E-state index in [9.17, 15) is 18.9 Å². The van der Waals surface area contributed by atoms with Crippen LogP contribution in [0.3, 0.4) is 0 Å². The highest BCUT2D eigenvalue weighted by Crippen LogP contribution is 2.40. The Bertz CT molecular complexity index is 993. The van der Waals surface area contributed by atoms with Crippen LogP contribution in [0, 0.1) is 17.0 Å². The average Bonchev–Trinajstić information content (AvgIpc) is 2.76. The number of non-ortho nitro benzene ring substituents is 1. The molecule has 33 heavy (non-hydrogen) atoms. The predicted octanol–water partition coefficient (Wildman–Crippen LogP) is 4.42. The summed E-state index contributed by atoms with van der Waals surface area (Å²) in [6.07, 6.45) is -0.0684. The Kier molecular flexibility index (Phi) is 7.16. The highest BCUT2D eigenvalue weighted by atomic mass is 19.3. The Morgan fingerprint density at radius 2 is 2.06 bits per heavy atom. The summed E-state index contributed by atoms with van der Waals surface area (Å²) in [6, 6.07) is 7.60. The summed E-state index contributed by atoms with van der Waals surface area (Å²) in [5.41, 5.74) is 0.340. The third kappa shape index (κ3) is 5.13. The first kappa shape index (κ1) is 23.5. The topological polar surface area (TPSA) is 93.0 Å². The van der Waals surface area contributed by atoms with E-state index in [1.165, 1.54) is 12.1 Å². The average molecular weight is 464 g/mol. The lowest BCUT2D eigenvalue weighted by Gasteiger charge is -2.40. The summed E-state index contributed by atoms with van der Waals surface area (Å²) in [6.45, 7) is 2.56. The van der Waals surface area contributed by atoms with Crippen molar-refractivity contribution in [2.45, 2.75) is 44.3 Å². The van der Waals surface area contributed by atoms with Gasteiger partial charge < -0.3 is 18.9 Å². The van der Waals surface area contributed by atoms with Gasteiger partial charge in [0.15, 0.2) is 6.29 Å². The first-order valence-corrected chi connectivity index (χ1v) is 10.9. The molecule has 0 spiro atoms. The zero-order valence-electron chi connectivity index (χ0n) is 18.3. The van der Waals surface area contributed by atoms with Crippen LogP contribution >= 0.6 is 0 Å². The monoisotopic (exact) mass is 464 g/mol.